The number of amides is 2. The summed E-state index contributed by atoms with van der Waals surface area (Å²) in [6, 6.07) is 13.2. The van der Waals surface area contributed by atoms with Crippen molar-refractivity contribution in [1.82, 2.24) is 9.62 Å². The summed E-state index contributed by atoms with van der Waals surface area (Å²) in [4.78, 5) is 23.8. The number of ether oxygens (including phenoxy) is 1. The Morgan fingerprint density at radius 3 is 2.34 bits per heavy atom. The second-order valence-corrected chi connectivity index (χ2v) is 8.48. The summed E-state index contributed by atoms with van der Waals surface area (Å²) in [5.74, 6) is -0.632. The maximum Gasteiger partial charge on any atom is 0.252 e. The molecule has 0 unspecified atom stereocenters. The number of anilines is 1. The van der Waals surface area contributed by atoms with Crippen LogP contribution in [0.2, 0.25) is 0 Å². The molecule has 2 aromatic rings. The van der Waals surface area contributed by atoms with Crippen molar-refractivity contribution in [2.45, 2.75) is 18.4 Å². The average molecular weight is 417 g/mol. The van der Waals surface area contributed by atoms with Gasteiger partial charge in [0.2, 0.25) is 15.9 Å². The lowest BCUT2D eigenvalue weighted by Gasteiger charge is -2.26. The Labute approximate surface area is 169 Å². The Bertz CT molecular complexity index is 983. The zero-order valence-electron chi connectivity index (χ0n) is 16.1. The third kappa shape index (κ3) is 5.20. The van der Waals surface area contributed by atoms with Crippen LogP contribution in [0.1, 0.15) is 22.8 Å². The minimum atomic E-state index is -3.79. The molecule has 0 aliphatic carbocycles. The number of hydrogen-bond donors (Lipinski definition) is 2. The molecule has 1 fully saturated rings. The van der Waals surface area contributed by atoms with Crippen molar-refractivity contribution in [3.8, 4) is 0 Å². The van der Waals surface area contributed by atoms with Crippen molar-refractivity contribution >= 4 is 27.5 Å². The fourth-order valence-corrected chi connectivity index (χ4v) is 4.59. The van der Waals surface area contributed by atoms with Crippen molar-refractivity contribution in [1.29, 1.82) is 0 Å². The first-order valence-electron chi connectivity index (χ1n) is 9.19. The van der Waals surface area contributed by atoms with Gasteiger partial charge in [0.25, 0.3) is 5.91 Å². The van der Waals surface area contributed by atoms with E-state index in [-0.39, 0.29) is 36.0 Å². The molecule has 154 valence electrons. The summed E-state index contributed by atoms with van der Waals surface area (Å²) in [5, 5.41) is 5.43. The molecule has 0 bridgehead atoms. The molecule has 1 aliphatic heterocycles. The summed E-state index contributed by atoms with van der Waals surface area (Å²) in [6.07, 6.45) is 0. The first kappa shape index (κ1) is 21.0. The molecular formula is C20H23N3O5S. The molecular weight excluding hydrogens is 394 g/mol. The summed E-state index contributed by atoms with van der Waals surface area (Å²) >= 11 is 0. The Hall–Kier alpha value is -2.75. The molecule has 1 heterocycles. The normalized spacial score (nSPS) is 14.9. The Morgan fingerprint density at radius 2 is 1.69 bits per heavy atom. The summed E-state index contributed by atoms with van der Waals surface area (Å²) < 4.78 is 32.5. The summed E-state index contributed by atoms with van der Waals surface area (Å²) in [5.41, 5.74) is 1.59. The van der Waals surface area contributed by atoms with Gasteiger partial charge in [0.05, 0.1) is 23.7 Å². The van der Waals surface area contributed by atoms with Crippen molar-refractivity contribution in [2.24, 2.45) is 0 Å². The fraction of sp³-hybridized carbons (Fsp3) is 0.300. The molecule has 0 radical (unpaired) electrons. The van der Waals surface area contributed by atoms with Gasteiger partial charge >= 0.3 is 0 Å². The first-order chi connectivity index (χ1) is 13.9. The van der Waals surface area contributed by atoms with Crippen LogP contribution < -0.4 is 10.6 Å². The van der Waals surface area contributed by atoms with Crippen molar-refractivity contribution < 1.29 is 22.7 Å². The zero-order chi connectivity index (χ0) is 20.9. The van der Waals surface area contributed by atoms with E-state index in [2.05, 4.69) is 10.6 Å². The van der Waals surface area contributed by atoms with Gasteiger partial charge in [-0.1, -0.05) is 24.3 Å². The lowest BCUT2D eigenvalue weighted by Crippen LogP contribution is -2.41. The third-order valence-electron chi connectivity index (χ3n) is 4.45. The Kier molecular flexibility index (Phi) is 6.63. The highest BCUT2D eigenvalue weighted by atomic mass is 32.2. The molecule has 0 aromatic heterocycles. The number of nitrogens with one attached hydrogen (secondary N) is 2. The van der Waals surface area contributed by atoms with Crippen LogP contribution in [-0.2, 0) is 26.1 Å². The number of morpholine rings is 1. The molecule has 3 rings (SSSR count). The highest BCUT2D eigenvalue weighted by Gasteiger charge is 2.29. The van der Waals surface area contributed by atoms with Gasteiger partial charge in [-0.2, -0.15) is 4.31 Å². The van der Waals surface area contributed by atoms with Crippen LogP contribution in [0.15, 0.2) is 53.4 Å². The zero-order valence-corrected chi connectivity index (χ0v) is 16.9. The molecule has 0 spiro atoms. The number of hydrogen-bond acceptors (Lipinski definition) is 5. The molecule has 8 nitrogen and oxygen atoms in total. The maximum absolute atomic E-state index is 13.0. The number of benzene rings is 2. The Morgan fingerprint density at radius 1 is 1.03 bits per heavy atom. The second kappa shape index (κ2) is 9.17. The minimum absolute atomic E-state index is 0.0135. The molecule has 2 amide bonds. The minimum Gasteiger partial charge on any atom is -0.379 e. The van der Waals surface area contributed by atoms with E-state index in [1.165, 1.54) is 23.4 Å². The number of carbonyl (C=O) groups excluding carboxylic acids is 2. The number of sulfonamides is 1. The maximum atomic E-state index is 13.0. The molecule has 2 N–H and O–H groups in total. The third-order valence-corrected chi connectivity index (χ3v) is 6.40. The van der Waals surface area contributed by atoms with Crippen LogP contribution in [0.25, 0.3) is 0 Å². The van der Waals surface area contributed by atoms with E-state index < -0.39 is 15.9 Å². The van der Waals surface area contributed by atoms with Gasteiger partial charge < -0.3 is 15.4 Å². The molecule has 0 saturated carbocycles. The summed E-state index contributed by atoms with van der Waals surface area (Å²) in [7, 11) is -3.79. The van der Waals surface area contributed by atoms with Crippen LogP contribution in [0, 0.1) is 0 Å². The van der Waals surface area contributed by atoms with E-state index in [0.717, 1.165) is 5.56 Å². The van der Waals surface area contributed by atoms with Crippen molar-refractivity contribution in [2.75, 3.05) is 31.6 Å². The Balaban J connectivity index is 1.72. The van der Waals surface area contributed by atoms with E-state index >= 15 is 0 Å². The second-order valence-electron chi connectivity index (χ2n) is 6.57. The van der Waals surface area contributed by atoms with E-state index in [0.29, 0.717) is 18.9 Å². The van der Waals surface area contributed by atoms with Crippen LogP contribution >= 0.6 is 0 Å². The number of rotatable bonds is 6. The molecule has 1 saturated heterocycles. The van der Waals surface area contributed by atoms with Crippen LogP contribution in [0.5, 0.6) is 0 Å². The topological polar surface area (TPSA) is 105 Å². The van der Waals surface area contributed by atoms with Gasteiger partial charge in [-0.3, -0.25) is 9.59 Å². The summed E-state index contributed by atoms with van der Waals surface area (Å²) in [6.45, 7) is 2.85. The SMILES string of the molecule is CC(=O)Nc1ccc(CNC(=O)c2ccccc2S(=O)(=O)N2CCOCC2)cc1. The van der Waals surface area contributed by atoms with Gasteiger partial charge in [0.15, 0.2) is 0 Å². The lowest BCUT2D eigenvalue weighted by atomic mass is 10.2. The largest absolute Gasteiger partial charge is 0.379 e. The average Bonchev–Trinajstić information content (AvgIpc) is 2.73. The van der Waals surface area contributed by atoms with Crippen molar-refractivity contribution in [3.05, 3.63) is 59.7 Å². The smallest absolute Gasteiger partial charge is 0.252 e. The fourth-order valence-electron chi connectivity index (χ4n) is 2.99. The van der Waals surface area contributed by atoms with Gasteiger partial charge in [-0.25, -0.2) is 8.42 Å². The molecule has 1 aliphatic rings. The number of carbonyl (C=O) groups is 2. The van der Waals surface area contributed by atoms with Gasteiger partial charge in [0, 0.05) is 32.2 Å². The lowest BCUT2D eigenvalue weighted by molar-refractivity contribution is -0.114. The highest BCUT2D eigenvalue weighted by molar-refractivity contribution is 7.89. The predicted molar refractivity (Wildman–Crippen MR) is 108 cm³/mol. The quantitative estimate of drug-likeness (QED) is 0.743. The van der Waals surface area contributed by atoms with Gasteiger partial charge in [-0.05, 0) is 29.8 Å². The monoisotopic (exact) mass is 417 g/mol. The van der Waals surface area contributed by atoms with Crippen LogP contribution in [-0.4, -0.2) is 50.8 Å². The van der Waals surface area contributed by atoms with E-state index in [1.807, 2.05) is 0 Å². The van der Waals surface area contributed by atoms with E-state index in [4.69, 9.17) is 4.74 Å². The molecule has 0 atom stereocenters. The molecule has 9 heteroatoms. The standard InChI is InChI=1S/C20H23N3O5S/c1-15(24)22-17-8-6-16(7-9-17)14-21-20(25)18-4-2-3-5-19(18)29(26,27)23-10-12-28-13-11-23/h2-9H,10-14H2,1H3,(H,21,25)(H,22,24). The van der Waals surface area contributed by atoms with E-state index in [9.17, 15) is 18.0 Å². The van der Waals surface area contributed by atoms with Crippen LogP contribution in [0.3, 0.4) is 0 Å². The van der Waals surface area contributed by atoms with Gasteiger partial charge in [-0.15, -0.1) is 0 Å². The number of nitrogens with zero attached hydrogens (tertiary/aromatic N) is 1. The van der Waals surface area contributed by atoms with Crippen molar-refractivity contribution in [3.63, 3.8) is 0 Å². The van der Waals surface area contributed by atoms with Gasteiger partial charge in [0.1, 0.15) is 0 Å². The predicted octanol–water partition coefficient (Wildman–Crippen LogP) is 1.60. The first-order valence-corrected chi connectivity index (χ1v) is 10.6. The van der Waals surface area contributed by atoms with E-state index in [1.54, 1.807) is 36.4 Å². The van der Waals surface area contributed by atoms with Crippen LogP contribution in [0.4, 0.5) is 5.69 Å². The highest BCUT2D eigenvalue weighted by Crippen LogP contribution is 2.21. The molecule has 2 aromatic carbocycles. The molecule has 29 heavy (non-hydrogen) atoms.